The molecule has 3 rings (SSSR count). The average molecular weight is 434 g/mol. The Labute approximate surface area is 174 Å². The third-order valence-electron chi connectivity index (χ3n) is 3.97. The Hall–Kier alpha value is -3.46. The summed E-state index contributed by atoms with van der Waals surface area (Å²) < 4.78 is 39.4. The number of rotatable bonds is 5. The van der Waals surface area contributed by atoms with Gasteiger partial charge in [-0.1, -0.05) is 17.7 Å². The summed E-state index contributed by atoms with van der Waals surface area (Å²) in [6.07, 6.45) is -0.184. The molecule has 154 valence electrons. The third-order valence-corrected chi connectivity index (χ3v) is 4.20. The lowest BCUT2D eigenvalue weighted by Gasteiger charge is -2.15. The number of amides is 1. The Kier molecular flexibility index (Phi) is 6.31. The Morgan fingerprint density at radius 1 is 1.13 bits per heavy atom. The van der Waals surface area contributed by atoms with Crippen LogP contribution in [-0.4, -0.2) is 22.1 Å². The van der Waals surface area contributed by atoms with Crippen LogP contribution in [0, 0.1) is 6.92 Å². The zero-order chi connectivity index (χ0) is 21.7. The van der Waals surface area contributed by atoms with Crippen molar-refractivity contribution in [1.82, 2.24) is 15.4 Å². The van der Waals surface area contributed by atoms with E-state index < -0.39 is 17.8 Å². The van der Waals surface area contributed by atoms with Gasteiger partial charge in [0.05, 0.1) is 11.8 Å². The van der Waals surface area contributed by atoms with Gasteiger partial charge in [0.1, 0.15) is 11.5 Å². The summed E-state index contributed by atoms with van der Waals surface area (Å²) in [6, 6.07) is 9.98. The highest BCUT2D eigenvalue weighted by molar-refractivity contribution is 6.30. The van der Waals surface area contributed by atoms with Gasteiger partial charge in [0.2, 0.25) is 0 Å². The molecule has 0 atom stereocenters. The quantitative estimate of drug-likeness (QED) is 0.440. The lowest BCUT2D eigenvalue weighted by atomic mass is 10.1. The fraction of sp³-hybridized carbons (Fsp3) is 0.100. The molecule has 2 aromatic heterocycles. The van der Waals surface area contributed by atoms with Crippen LogP contribution in [0.5, 0.6) is 0 Å². The van der Waals surface area contributed by atoms with Crippen molar-refractivity contribution in [2.45, 2.75) is 13.1 Å². The highest BCUT2D eigenvalue weighted by Crippen LogP contribution is 2.31. The van der Waals surface area contributed by atoms with Gasteiger partial charge in [-0.05, 0) is 54.4 Å². The smallest absolute Gasteiger partial charge is 0.339 e. The first kappa shape index (κ1) is 21.3. The SMILES string of the molecule is Cc1ccc(Cl)cc1Nc1nc(C(F)(F)F)ccc1C(=O)N/N=C/c1ccncc1. The Morgan fingerprint density at radius 2 is 1.87 bits per heavy atom. The highest BCUT2D eigenvalue weighted by atomic mass is 35.5. The van der Waals surface area contributed by atoms with Gasteiger partial charge in [-0.15, -0.1) is 0 Å². The van der Waals surface area contributed by atoms with E-state index in [9.17, 15) is 18.0 Å². The van der Waals surface area contributed by atoms with E-state index in [1.54, 1.807) is 43.6 Å². The summed E-state index contributed by atoms with van der Waals surface area (Å²) in [5, 5.41) is 6.96. The van der Waals surface area contributed by atoms with Gasteiger partial charge in [0, 0.05) is 23.1 Å². The van der Waals surface area contributed by atoms with Crippen LogP contribution in [0.1, 0.15) is 27.2 Å². The van der Waals surface area contributed by atoms with Crippen LogP contribution >= 0.6 is 11.6 Å². The molecule has 0 fully saturated rings. The number of benzene rings is 1. The van der Waals surface area contributed by atoms with Crippen LogP contribution in [0.15, 0.2) is 60.0 Å². The predicted molar refractivity (Wildman–Crippen MR) is 108 cm³/mol. The number of hydrogen-bond donors (Lipinski definition) is 2. The molecule has 0 bridgehead atoms. The molecule has 3 aromatic rings. The number of nitrogens with one attached hydrogen (secondary N) is 2. The van der Waals surface area contributed by atoms with Crippen molar-refractivity contribution < 1.29 is 18.0 Å². The number of aryl methyl sites for hydroxylation is 1. The lowest BCUT2D eigenvalue weighted by Crippen LogP contribution is -2.21. The highest BCUT2D eigenvalue weighted by Gasteiger charge is 2.33. The molecule has 0 aliphatic rings. The van der Waals surface area contributed by atoms with Gasteiger partial charge in [0.15, 0.2) is 0 Å². The molecule has 2 heterocycles. The number of carbonyl (C=O) groups is 1. The Bertz CT molecular complexity index is 1090. The summed E-state index contributed by atoms with van der Waals surface area (Å²) >= 11 is 5.97. The zero-order valence-electron chi connectivity index (χ0n) is 15.5. The maximum absolute atomic E-state index is 13.1. The predicted octanol–water partition coefficient (Wildman–Crippen LogP) is 4.96. The molecule has 0 aliphatic carbocycles. The molecule has 1 aromatic carbocycles. The summed E-state index contributed by atoms with van der Waals surface area (Å²) in [5.74, 6) is -1.00. The number of alkyl halides is 3. The minimum absolute atomic E-state index is 0.116. The second-order valence-electron chi connectivity index (χ2n) is 6.15. The molecule has 30 heavy (non-hydrogen) atoms. The summed E-state index contributed by atoms with van der Waals surface area (Å²) in [6.45, 7) is 1.74. The van der Waals surface area contributed by atoms with E-state index >= 15 is 0 Å². The van der Waals surface area contributed by atoms with Crippen molar-refractivity contribution in [2.24, 2.45) is 5.10 Å². The summed E-state index contributed by atoms with van der Waals surface area (Å²) in [7, 11) is 0. The second kappa shape index (κ2) is 8.91. The summed E-state index contributed by atoms with van der Waals surface area (Å²) in [5.41, 5.74) is 2.84. The number of aromatic nitrogens is 2. The molecular weight excluding hydrogens is 419 g/mol. The minimum Gasteiger partial charge on any atom is -0.339 e. The number of hydrogen-bond acceptors (Lipinski definition) is 5. The van der Waals surface area contributed by atoms with Crippen LogP contribution in [0.25, 0.3) is 0 Å². The largest absolute Gasteiger partial charge is 0.433 e. The molecule has 0 unspecified atom stereocenters. The van der Waals surface area contributed by atoms with E-state index in [1.807, 2.05) is 0 Å². The number of halogens is 4. The van der Waals surface area contributed by atoms with Crippen molar-refractivity contribution in [3.05, 3.63) is 82.3 Å². The van der Waals surface area contributed by atoms with Gasteiger partial charge in [-0.25, -0.2) is 10.4 Å². The molecule has 2 N–H and O–H groups in total. The van der Waals surface area contributed by atoms with Crippen molar-refractivity contribution in [2.75, 3.05) is 5.32 Å². The fourth-order valence-corrected chi connectivity index (χ4v) is 2.60. The number of hydrazone groups is 1. The van der Waals surface area contributed by atoms with Gasteiger partial charge in [-0.2, -0.15) is 18.3 Å². The van der Waals surface area contributed by atoms with Crippen LogP contribution in [-0.2, 0) is 6.18 Å². The number of anilines is 2. The molecular formula is C20H15ClF3N5O. The van der Waals surface area contributed by atoms with Gasteiger partial charge < -0.3 is 5.32 Å². The zero-order valence-corrected chi connectivity index (χ0v) is 16.3. The molecule has 10 heteroatoms. The Morgan fingerprint density at radius 3 is 2.57 bits per heavy atom. The first-order valence-corrected chi connectivity index (χ1v) is 8.96. The maximum atomic E-state index is 13.1. The first-order valence-electron chi connectivity index (χ1n) is 8.59. The van der Waals surface area contributed by atoms with Crippen LogP contribution in [0.4, 0.5) is 24.7 Å². The fourth-order valence-electron chi connectivity index (χ4n) is 2.43. The topological polar surface area (TPSA) is 79.3 Å². The van der Waals surface area contributed by atoms with Crippen LogP contribution in [0.3, 0.4) is 0 Å². The van der Waals surface area contributed by atoms with Gasteiger partial charge in [0.25, 0.3) is 5.91 Å². The molecule has 0 spiro atoms. The van der Waals surface area contributed by atoms with E-state index in [0.29, 0.717) is 21.8 Å². The molecule has 0 aliphatic heterocycles. The molecule has 0 saturated carbocycles. The standard InChI is InChI=1S/C20H15ClF3N5O/c1-12-2-3-14(21)10-16(12)27-18-15(4-5-17(28-18)20(22,23)24)19(30)29-26-11-13-6-8-25-9-7-13/h2-11H,1H3,(H,27,28)(H,29,30)/b26-11+. The molecule has 1 amide bonds. The maximum Gasteiger partial charge on any atom is 0.433 e. The molecule has 6 nitrogen and oxygen atoms in total. The van der Waals surface area contributed by atoms with E-state index in [1.165, 1.54) is 12.3 Å². The van der Waals surface area contributed by atoms with E-state index in [2.05, 4.69) is 25.8 Å². The van der Waals surface area contributed by atoms with E-state index in [4.69, 9.17) is 11.6 Å². The van der Waals surface area contributed by atoms with Crippen molar-refractivity contribution in [3.63, 3.8) is 0 Å². The summed E-state index contributed by atoms with van der Waals surface area (Å²) in [4.78, 5) is 20.0. The normalized spacial score (nSPS) is 11.5. The van der Waals surface area contributed by atoms with Crippen molar-refractivity contribution in [3.8, 4) is 0 Å². The monoisotopic (exact) mass is 433 g/mol. The third kappa shape index (κ3) is 5.32. The minimum atomic E-state index is -4.67. The number of carbonyl (C=O) groups excluding carboxylic acids is 1. The average Bonchev–Trinajstić information content (AvgIpc) is 2.71. The second-order valence-corrected chi connectivity index (χ2v) is 6.59. The van der Waals surface area contributed by atoms with Crippen molar-refractivity contribution in [1.29, 1.82) is 0 Å². The lowest BCUT2D eigenvalue weighted by molar-refractivity contribution is -0.141. The van der Waals surface area contributed by atoms with E-state index in [-0.39, 0.29) is 11.4 Å². The molecule has 0 radical (unpaired) electrons. The van der Waals surface area contributed by atoms with Crippen molar-refractivity contribution >= 4 is 35.2 Å². The van der Waals surface area contributed by atoms with Crippen LogP contribution in [0.2, 0.25) is 5.02 Å². The van der Waals surface area contributed by atoms with Crippen LogP contribution < -0.4 is 10.7 Å². The Balaban J connectivity index is 1.91. The first-order chi connectivity index (χ1) is 14.2. The van der Waals surface area contributed by atoms with E-state index in [0.717, 1.165) is 12.1 Å². The van der Waals surface area contributed by atoms with Gasteiger partial charge in [-0.3, -0.25) is 9.78 Å². The molecule has 0 saturated heterocycles. The van der Waals surface area contributed by atoms with Gasteiger partial charge >= 0.3 is 6.18 Å². The number of nitrogens with zero attached hydrogens (tertiary/aromatic N) is 3. The number of pyridine rings is 2.